The molecule has 1 N–H and O–H groups in total. The highest BCUT2D eigenvalue weighted by Gasteiger charge is 2.04. The first-order chi connectivity index (χ1) is 9.33. The van der Waals surface area contributed by atoms with E-state index < -0.39 is 0 Å². The molecule has 0 bridgehead atoms. The van der Waals surface area contributed by atoms with Gasteiger partial charge in [0.15, 0.2) is 5.65 Å². The van der Waals surface area contributed by atoms with Crippen LogP contribution in [0.25, 0.3) is 5.65 Å². The Hall–Kier alpha value is -1.31. The topological polar surface area (TPSA) is 55.1 Å². The minimum atomic E-state index is 0.780. The molecular weight excluding hydrogens is 326 g/mol. The van der Waals surface area contributed by atoms with Crippen molar-refractivity contribution in [3.05, 3.63) is 45.5 Å². The maximum absolute atomic E-state index is 4.32. The third-order valence-electron chi connectivity index (χ3n) is 2.79. The van der Waals surface area contributed by atoms with Gasteiger partial charge in [-0.3, -0.25) is 4.40 Å². The molecule has 0 radical (unpaired) electrons. The molecule has 3 aromatic heterocycles. The highest BCUT2D eigenvalue weighted by atomic mass is 79.9. The zero-order chi connectivity index (χ0) is 13.1. The van der Waals surface area contributed by atoms with Gasteiger partial charge in [-0.05, 0) is 15.9 Å². The fourth-order valence-electron chi connectivity index (χ4n) is 1.84. The van der Waals surface area contributed by atoms with Crippen LogP contribution in [0.2, 0.25) is 0 Å². The summed E-state index contributed by atoms with van der Waals surface area (Å²) in [5, 5.41) is 5.49. The molecule has 0 aliphatic heterocycles. The van der Waals surface area contributed by atoms with Crippen LogP contribution in [0.3, 0.4) is 0 Å². The number of nitrogens with one attached hydrogen (secondary N) is 1. The van der Waals surface area contributed by atoms with E-state index in [1.165, 1.54) is 0 Å². The number of rotatable bonds is 5. The maximum Gasteiger partial charge on any atom is 0.155 e. The number of hydrogen-bond acceptors (Lipinski definition) is 5. The van der Waals surface area contributed by atoms with Gasteiger partial charge in [-0.1, -0.05) is 0 Å². The number of hydrogen-bond donors (Lipinski definition) is 1. The molecule has 0 spiro atoms. The number of fused-ring (bicyclic) bond motifs is 1. The van der Waals surface area contributed by atoms with Crippen LogP contribution in [-0.4, -0.2) is 25.9 Å². The average Bonchev–Trinajstić information content (AvgIpc) is 3.04. The molecule has 7 heteroatoms. The van der Waals surface area contributed by atoms with Crippen molar-refractivity contribution in [2.24, 2.45) is 0 Å². The average molecular weight is 338 g/mol. The highest BCUT2D eigenvalue weighted by molar-refractivity contribution is 9.10. The number of aromatic nitrogens is 4. The van der Waals surface area contributed by atoms with E-state index in [1.54, 1.807) is 17.5 Å². The van der Waals surface area contributed by atoms with Gasteiger partial charge in [0, 0.05) is 31.1 Å². The molecule has 0 fully saturated rings. The molecular formula is C12H12BrN5S. The second kappa shape index (κ2) is 5.77. The largest absolute Gasteiger partial charge is 0.311 e. The summed E-state index contributed by atoms with van der Waals surface area (Å²) in [5.74, 6) is 0. The van der Waals surface area contributed by atoms with Crippen molar-refractivity contribution in [2.75, 3.05) is 6.54 Å². The Kier molecular flexibility index (Phi) is 3.86. The first kappa shape index (κ1) is 12.7. The molecule has 0 aliphatic rings. The van der Waals surface area contributed by atoms with E-state index in [9.17, 15) is 0 Å². The smallest absolute Gasteiger partial charge is 0.155 e. The lowest BCUT2D eigenvalue weighted by atomic mass is 10.3. The van der Waals surface area contributed by atoms with Crippen LogP contribution in [0.1, 0.15) is 11.4 Å². The Balaban J connectivity index is 1.60. The number of halogens is 1. The normalized spacial score (nSPS) is 11.2. The van der Waals surface area contributed by atoms with Crippen molar-refractivity contribution in [3.63, 3.8) is 0 Å². The number of nitrogens with zero attached hydrogens (tertiary/aromatic N) is 4. The summed E-state index contributed by atoms with van der Waals surface area (Å²) in [7, 11) is 0. The summed E-state index contributed by atoms with van der Waals surface area (Å²) < 4.78 is 2.84. The fraction of sp³-hybridized carbons (Fsp3) is 0.250. The second-order valence-electron chi connectivity index (χ2n) is 4.09. The first-order valence-electron chi connectivity index (χ1n) is 5.88. The van der Waals surface area contributed by atoms with Crippen LogP contribution in [0, 0.1) is 0 Å². The highest BCUT2D eigenvalue weighted by Crippen LogP contribution is 2.10. The lowest BCUT2D eigenvalue weighted by molar-refractivity contribution is 0.666. The molecule has 0 saturated carbocycles. The SMILES string of the molecule is Brc1cn2c(CNCCc3cscn3)cnc2cn1. The van der Waals surface area contributed by atoms with Crippen molar-refractivity contribution in [3.8, 4) is 0 Å². The van der Waals surface area contributed by atoms with Crippen molar-refractivity contribution in [2.45, 2.75) is 13.0 Å². The van der Waals surface area contributed by atoms with E-state index in [2.05, 4.69) is 41.6 Å². The summed E-state index contributed by atoms with van der Waals surface area (Å²) in [6, 6.07) is 0. The molecule has 0 aliphatic carbocycles. The molecule has 3 rings (SSSR count). The standard InChI is InChI=1S/C12H12BrN5S/c13-11-6-18-10(4-16-12(18)5-15-11)3-14-2-1-9-7-19-8-17-9/h4-8,14H,1-3H2. The van der Waals surface area contributed by atoms with Gasteiger partial charge in [0.1, 0.15) is 4.60 Å². The predicted molar refractivity (Wildman–Crippen MR) is 78.2 cm³/mol. The van der Waals surface area contributed by atoms with Crippen LogP contribution in [-0.2, 0) is 13.0 Å². The van der Waals surface area contributed by atoms with Crippen LogP contribution >= 0.6 is 27.3 Å². The molecule has 0 unspecified atom stereocenters. The molecule has 0 saturated heterocycles. The molecule has 98 valence electrons. The summed E-state index contributed by atoms with van der Waals surface area (Å²) in [5.41, 5.74) is 4.99. The third-order valence-corrected chi connectivity index (χ3v) is 3.83. The molecule has 0 atom stereocenters. The van der Waals surface area contributed by atoms with E-state index >= 15 is 0 Å². The van der Waals surface area contributed by atoms with Crippen molar-refractivity contribution in [1.82, 2.24) is 24.7 Å². The van der Waals surface area contributed by atoms with Crippen molar-refractivity contribution >= 4 is 32.9 Å². The van der Waals surface area contributed by atoms with Gasteiger partial charge >= 0.3 is 0 Å². The summed E-state index contributed by atoms with van der Waals surface area (Å²) in [6.07, 6.45) is 6.51. The van der Waals surface area contributed by atoms with E-state index in [0.717, 1.165) is 41.1 Å². The van der Waals surface area contributed by atoms with Gasteiger partial charge in [0.05, 0.1) is 29.3 Å². The first-order valence-corrected chi connectivity index (χ1v) is 7.62. The lowest BCUT2D eigenvalue weighted by Crippen LogP contribution is -2.17. The van der Waals surface area contributed by atoms with Crippen LogP contribution < -0.4 is 5.32 Å². The van der Waals surface area contributed by atoms with Crippen LogP contribution in [0.5, 0.6) is 0 Å². The Morgan fingerprint density at radius 2 is 2.21 bits per heavy atom. The van der Waals surface area contributed by atoms with Gasteiger partial charge in [0.25, 0.3) is 0 Å². The third kappa shape index (κ3) is 2.99. The molecule has 0 aromatic carbocycles. The minimum absolute atomic E-state index is 0.780. The van der Waals surface area contributed by atoms with Gasteiger partial charge in [-0.2, -0.15) is 0 Å². The molecule has 3 aromatic rings. The van der Waals surface area contributed by atoms with E-state index in [-0.39, 0.29) is 0 Å². The molecule has 5 nitrogen and oxygen atoms in total. The van der Waals surface area contributed by atoms with E-state index in [0.29, 0.717) is 0 Å². The lowest BCUT2D eigenvalue weighted by Gasteiger charge is -2.04. The van der Waals surface area contributed by atoms with Gasteiger partial charge in [-0.25, -0.2) is 15.0 Å². The minimum Gasteiger partial charge on any atom is -0.311 e. The van der Waals surface area contributed by atoms with Gasteiger partial charge < -0.3 is 5.32 Å². The second-order valence-corrected chi connectivity index (χ2v) is 5.63. The molecule has 3 heterocycles. The monoisotopic (exact) mass is 337 g/mol. The molecule has 19 heavy (non-hydrogen) atoms. The zero-order valence-corrected chi connectivity index (χ0v) is 12.5. The van der Waals surface area contributed by atoms with Gasteiger partial charge in [0.2, 0.25) is 0 Å². The van der Waals surface area contributed by atoms with E-state index in [4.69, 9.17) is 0 Å². The summed E-state index contributed by atoms with van der Waals surface area (Å²) >= 11 is 5.01. The summed E-state index contributed by atoms with van der Waals surface area (Å²) in [4.78, 5) is 12.7. The van der Waals surface area contributed by atoms with Crippen molar-refractivity contribution in [1.29, 1.82) is 0 Å². The Morgan fingerprint density at radius 3 is 3.05 bits per heavy atom. The summed E-state index contributed by atoms with van der Waals surface area (Å²) in [6.45, 7) is 1.69. The van der Waals surface area contributed by atoms with Crippen LogP contribution in [0.4, 0.5) is 0 Å². The Bertz CT molecular complexity index is 664. The quantitative estimate of drug-likeness (QED) is 0.725. The maximum atomic E-state index is 4.32. The van der Waals surface area contributed by atoms with Gasteiger partial charge in [-0.15, -0.1) is 11.3 Å². The predicted octanol–water partition coefficient (Wildman–Crippen LogP) is 2.28. The molecule has 0 amide bonds. The fourth-order valence-corrected chi connectivity index (χ4v) is 2.74. The number of thiazole rings is 1. The Labute approximate surface area is 122 Å². The van der Waals surface area contributed by atoms with Crippen molar-refractivity contribution < 1.29 is 0 Å². The Morgan fingerprint density at radius 1 is 1.26 bits per heavy atom. The van der Waals surface area contributed by atoms with E-state index in [1.807, 2.05) is 22.3 Å². The zero-order valence-electron chi connectivity index (χ0n) is 10.1. The van der Waals surface area contributed by atoms with Crippen LogP contribution in [0.15, 0.2) is 34.1 Å². The number of imidazole rings is 1.